The van der Waals surface area contributed by atoms with Crippen LogP contribution in [0.3, 0.4) is 0 Å². The predicted molar refractivity (Wildman–Crippen MR) is 85.0 cm³/mol. The summed E-state index contributed by atoms with van der Waals surface area (Å²) >= 11 is 0. The van der Waals surface area contributed by atoms with E-state index in [0.29, 0.717) is 6.42 Å². The Kier molecular flexibility index (Phi) is 10.3. The lowest BCUT2D eigenvalue weighted by atomic mass is 10.1. The molecule has 0 fully saturated rings. The van der Waals surface area contributed by atoms with Crippen molar-refractivity contribution in [1.82, 2.24) is 15.8 Å². The van der Waals surface area contributed by atoms with Crippen LogP contribution in [0.15, 0.2) is 0 Å². The molecule has 0 spiro atoms. The van der Waals surface area contributed by atoms with E-state index in [9.17, 15) is 19.2 Å². The number of nitrogens with zero attached hydrogens (tertiary/aromatic N) is 1. The number of hydrogen-bond donors (Lipinski definition) is 6. The molecule has 138 valence electrons. The van der Waals surface area contributed by atoms with Gasteiger partial charge in [-0.05, 0) is 19.4 Å². The molecular weight excluding hydrogens is 320 g/mol. The van der Waals surface area contributed by atoms with Gasteiger partial charge in [-0.25, -0.2) is 5.01 Å². The number of likely N-dealkylation sites (N-methyl/N-ethyl adjacent to an activating group) is 1. The first kappa shape index (κ1) is 21.8. The minimum absolute atomic E-state index is 0.0173. The molecule has 0 aromatic heterocycles. The van der Waals surface area contributed by atoms with Crippen LogP contribution in [0, 0.1) is 0 Å². The van der Waals surface area contributed by atoms with Gasteiger partial charge in [-0.15, -0.1) is 0 Å². The van der Waals surface area contributed by atoms with Gasteiger partial charge < -0.3 is 27.6 Å². The molecular formula is C13H26N6O5. The third-order valence-electron chi connectivity index (χ3n) is 3.02. The molecule has 0 saturated heterocycles. The minimum atomic E-state index is -1.09. The second kappa shape index (κ2) is 11.3. The number of carbonyl (C=O) groups excluding carboxylic acids is 3. The van der Waals surface area contributed by atoms with Crippen molar-refractivity contribution in [3.63, 3.8) is 0 Å². The number of primary amides is 1. The van der Waals surface area contributed by atoms with Gasteiger partial charge in [0.05, 0.1) is 6.04 Å². The van der Waals surface area contributed by atoms with Crippen LogP contribution >= 0.6 is 0 Å². The van der Waals surface area contributed by atoms with Crippen LogP contribution in [-0.4, -0.2) is 66.0 Å². The summed E-state index contributed by atoms with van der Waals surface area (Å²) in [5.74, 6) is -2.63. The molecule has 11 nitrogen and oxygen atoms in total. The Hall–Kier alpha value is -2.24. The number of amides is 3. The summed E-state index contributed by atoms with van der Waals surface area (Å²) in [5.41, 5.74) is 18.5. The highest BCUT2D eigenvalue weighted by Crippen LogP contribution is 2.01. The van der Waals surface area contributed by atoms with Gasteiger partial charge in [-0.3, -0.25) is 24.6 Å². The summed E-state index contributed by atoms with van der Waals surface area (Å²) < 4.78 is 0. The Labute approximate surface area is 139 Å². The van der Waals surface area contributed by atoms with Gasteiger partial charge in [0.1, 0.15) is 6.54 Å². The van der Waals surface area contributed by atoms with Crippen molar-refractivity contribution in [2.24, 2.45) is 17.2 Å². The quantitative estimate of drug-likeness (QED) is 0.199. The van der Waals surface area contributed by atoms with E-state index in [1.807, 2.05) is 0 Å². The highest BCUT2D eigenvalue weighted by Gasteiger charge is 2.21. The average molecular weight is 346 g/mol. The summed E-state index contributed by atoms with van der Waals surface area (Å²) in [6, 6.07) is -1.48. The van der Waals surface area contributed by atoms with Crippen LogP contribution in [0.4, 0.5) is 0 Å². The summed E-state index contributed by atoms with van der Waals surface area (Å²) in [4.78, 5) is 45.0. The molecule has 0 aromatic carbocycles. The van der Waals surface area contributed by atoms with Crippen molar-refractivity contribution < 1.29 is 24.3 Å². The molecule has 0 aliphatic carbocycles. The normalized spacial score (nSPS) is 13.2. The topological polar surface area (TPSA) is 194 Å². The van der Waals surface area contributed by atoms with E-state index in [-0.39, 0.29) is 32.4 Å². The largest absolute Gasteiger partial charge is 0.480 e. The second-order valence-corrected chi connectivity index (χ2v) is 5.38. The fourth-order valence-electron chi connectivity index (χ4n) is 1.89. The molecule has 0 saturated carbocycles. The van der Waals surface area contributed by atoms with Crippen molar-refractivity contribution in [2.75, 3.05) is 20.1 Å². The number of nitrogens with two attached hydrogens (primary N) is 3. The molecule has 3 amide bonds. The fourth-order valence-corrected chi connectivity index (χ4v) is 1.89. The lowest BCUT2D eigenvalue weighted by Gasteiger charge is -2.22. The maximum absolute atomic E-state index is 11.9. The first-order chi connectivity index (χ1) is 11.1. The van der Waals surface area contributed by atoms with Gasteiger partial charge in [0, 0.05) is 25.9 Å². The Bertz CT molecular complexity index is 458. The molecule has 0 radical (unpaired) electrons. The SMILES string of the molecule is CN(CC(=O)O)NC(=O)C[C@H](CCN)NC(=O)[C@@H](N)CCC(N)=O. The number of carboxylic acid groups (broad SMARTS) is 1. The molecule has 0 aliphatic rings. The summed E-state index contributed by atoms with van der Waals surface area (Å²) in [6.07, 6.45) is 0.334. The van der Waals surface area contributed by atoms with Crippen molar-refractivity contribution in [3.8, 4) is 0 Å². The van der Waals surface area contributed by atoms with Crippen molar-refractivity contribution in [1.29, 1.82) is 0 Å². The summed E-state index contributed by atoms with van der Waals surface area (Å²) in [7, 11) is 1.41. The predicted octanol–water partition coefficient (Wildman–Crippen LogP) is -3.15. The maximum Gasteiger partial charge on any atom is 0.319 e. The van der Waals surface area contributed by atoms with Crippen LogP contribution in [-0.2, 0) is 19.2 Å². The Balaban J connectivity index is 4.46. The van der Waals surface area contributed by atoms with E-state index in [1.165, 1.54) is 7.05 Å². The van der Waals surface area contributed by atoms with Crippen LogP contribution in [0.5, 0.6) is 0 Å². The highest BCUT2D eigenvalue weighted by atomic mass is 16.4. The number of rotatable bonds is 12. The molecule has 0 aliphatic heterocycles. The summed E-state index contributed by atoms with van der Waals surface area (Å²) in [6.45, 7) is -0.128. The van der Waals surface area contributed by atoms with Gasteiger partial charge in [0.2, 0.25) is 17.7 Å². The number of hydrazine groups is 1. The monoisotopic (exact) mass is 346 g/mol. The molecule has 0 heterocycles. The smallest absolute Gasteiger partial charge is 0.319 e. The fraction of sp³-hybridized carbons (Fsp3) is 0.692. The summed E-state index contributed by atoms with van der Waals surface area (Å²) in [5, 5.41) is 12.3. The second-order valence-electron chi connectivity index (χ2n) is 5.38. The first-order valence-corrected chi connectivity index (χ1v) is 7.42. The molecule has 9 N–H and O–H groups in total. The minimum Gasteiger partial charge on any atom is -0.480 e. The molecule has 0 bridgehead atoms. The van der Waals surface area contributed by atoms with Crippen molar-refractivity contribution >= 4 is 23.7 Å². The van der Waals surface area contributed by atoms with Crippen molar-refractivity contribution in [3.05, 3.63) is 0 Å². The number of carbonyl (C=O) groups is 4. The van der Waals surface area contributed by atoms with E-state index in [2.05, 4.69) is 10.7 Å². The van der Waals surface area contributed by atoms with Gasteiger partial charge in [0.15, 0.2) is 0 Å². The van der Waals surface area contributed by atoms with Crippen molar-refractivity contribution in [2.45, 2.75) is 37.8 Å². The first-order valence-electron chi connectivity index (χ1n) is 7.42. The maximum atomic E-state index is 11.9. The van der Waals surface area contributed by atoms with E-state index in [1.54, 1.807) is 0 Å². The van der Waals surface area contributed by atoms with E-state index in [0.717, 1.165) is 5.01 Å². The number of aliphatic carboxylic acids is 1. The van der Waals surface area contributed by atoms with Gasteiger partial charge in [-0.2, -0.15) is 0 Å². The highest BCUT2D eigenvalue weighted by molar-refractivity contribution is 5.84. The third kappa shape index (κ3) is 10.5. The average Bonchev–Trinajstić information content (AvgIpc) is 2.43. The van der Waals surface area contributed by atoms with Crippen LogP contribution in [0.1, 0.15) is 25.7 Å². The van der Waals surface area contributed by atoms with Crippen LogP contribution < -0.4 is 27.9 Å². The molecule has 2 atom stereocenters. The van der Waals surface area contributed by atoms with E-state index in [4.69, 9.17) is 22.3 Å². The molecule has 0 rings (SSSR count). The zero-order valence-electron chi connectivity index (χ0n) is 13.7. The molecule has 0 unspecified atom stereocenters. The third-order valence-corrected chi connectivity index (χ3v) is 3.02. The number of nitrogens with one attached hydrogen (secondary N) is 2. The lowest BCUT2D eigenvalue weighted by Crippen LogP contribution is -2.49. The molecule has 24 heavy (non-hydrogen) atoms. The number of hydrogen-bond acceptors (Lipinski definition) is 7. The van der Waals surface area contributed by atoms with Crippen LogP contribution in [0.25, 0.3) is 0 Å². The Morgan fingerprint density at radius 1 is 1.21 bits per heavy atom. The lowest BCUT2D eigenvalue weighted by molar-refractivity contribution is -0.139. The molecule has 0 aromatic rings. The zero-order valence-corrected chi connectivity index (χ0v) is 13.7. The van der Waals surface area contributed by atoms with Gasteiger partial charge in [-0.1, -0.05) is 0 Å². The van der Waals surface area contributed by atoms with Crippen LogP contribution in [0.2, 0.25) is 0 Å². The van der Waals surface area contributed by atoms with Gasteiger partial charge >= 0.3 is 5.97 Å². The molecule has 11 heteroatoms. The Morgan fingerprint density at radius 2 is 1.83 bits per heavy atom. The standard InChI is InChI=1S/C13H26N6O5/c1-19(7-12(22)23)18-11(21)6-8(4-5-14)17-13(24)9(15)2-3-10(16)20/h8-9H,2-7,14-15H2,1H3,(H2,16,20)(H,17,24)(H,18,21)(H,22,23)/t8-,9-/m0/s1. The zero-order chi connectivity index (χ0) is 18.7. The Morgan fingerprint density at radius 3 is 2.33 bits per heavy atom. The van der Waals surface area contributed by atoms with E-state index >= 15 is 0 Å². The van der Waals surface area contributed by atoms with Gasteiger partial charge in [0.25, 0.3) is 0 Å². The van der Waals surface area contributed by atoms with E-state index < -0.39 is 35.8 Å². The number of carboxylic acids is 1.